The van der Waals surface area contributed by atoms with Crippen molar-refractivity contribution in [2.75, 3.05) is 17.2 Å². The molecular formula is C22H29N3O3. The smallest absolute Gasteiger partial charge is 0.230 e. The van der Waals surface area contributed by atoms with Crippen LogP contribution in [0.1, 0.15) is 39.0 Å². The highest BCUT2D eigenvalue weighted by Crippen LogP contribution is 2.18. The SMILES string of the molecule is CCCCCC[NH2+][C@H](CC(=O)Nc1ccc(Nc2ccccc2)cc1)C(=O)[O-]. The zero-order valence-electron chi connectivity index (χ0n) is 16.3. The van der Waals surface area contributed by atoms with Crippen molar-refractivity contribution in [3.8, 4) is 0 Å². The van der Waals surface area contributed by atoms with Gasteiger partial charge in [0.15, 0.2) is 0 Å². The number of carboxylic acid groups (broad SMARTS) is 1. The Labute approximate surface area is 166 Å². The van der Waals surface area contributed by atoms with Gasteiger partial charge in [-0.05, 0) is 49.2 Å². The van der Waals surface area contributed by atoms with Crippen LogP contribution >= 0.6 is 0 Å². The second-order valence-corrected chi connectivity index (χ2v) is 6.83. The molecule has 0 saturated carbocycles. The number of hydrogen-bond donors (Lipinski definition) is 3. The molecule has 0 fully saturated rings. The minimum absolute atomic E-state index is 0.111. The third-order valence-corrected chi connectivity index (χ3v) is 4.45. The second-order valence-electron chi connectivity index (χ2n) is 6.83. The molecule has 0 aliphatic carbocycles. The maximum Gasteiger partial charge on any atom is 0.230 e. The summed E-state index contributed by atoms with van der Waals surface area (Å²) >= 11 is 0. The molecule has 0 aliphatic rings. The van der Waals surface area contributed by atoms with Crippen LogP contribution in [0.4, 0.5) is 17.1 Å². The number of unbranched alkanes of at least 4 members (excludes halogenated alkanes) is 3. The summed E-state index contributed by atoms with van der Waals surface area (Å²) in [6, 6.07) is 16.2. The number of carboxylic acids is 1. The molecule has 4 N–H and O–H groups in total. The van der Waals surface area contributed by atoms with Crippen molar-refractivity contribution in [1.29, 1.82) is 0 Å². The molecule has 0 spiro atoms. The van der Waals surface area contributed by atoms with Crippen LogP contribution in [0.5, 0.6) is 0 Å². The molecule has 0 saturated heterocycles. The number of nitrogens with two attached hydrogens (primary N) is 1. The van der Waals surface area contributed by atoms with Crippen molar-refractivity contribution in [1.82, 2.24) is 0 Å². The van der Waals surface area contributed by atoms with E-state index in [0.717, 1.165) is 37.1 Å². The van der Waals surface area contributed by atoms with E-state index in [2.05, 4.69) is 17.6 Å². The largest absolute Gasteiger partial charge is 0.544 e. The van der Waals surface area contributed by atoms with Crippen molar-refractivity contribution >= 4 is 28.9 Å². The van der Waals surface area contributed by atoms with Gasteiger partial charge in [0, 0.05) is 17.1 Å². The fourth-order valence-corrected chi connectivity index (χ4v) is 2.89. The van der Waals surface area contributed by atoms with Gasteiger partial charge in [-0.2, -0.15) is 0 Å². The number of aliphatic carboxylic acids is 1. The van der Waals surface area contributed by atoms with Crippen LogP contribution in [0.25, 0.3) is 0 Å². The van der Waals surface area contributed by atoms with Crippen LogP contribution in [0.15, 0.2) is 54.6 Å². The minimum atomic E-state index is -1.20. The zero-order valence-corrected chi connectivity index (χ0v) is 16.3. The highest BCUT2D eigenvalue weighted by atomic mass is 16.4. The van der Waals surface area contributed by atoms with Crippen LogP contribution < -0.4 is 21.1 Å². The summed E-state index contributed by atoms with van der Waals surface area (Å²) < 4.78 is 0. The van der Waals surface area contributed by atoms with Crippen LogP contribution in [0.3, 0.4) is 0 Å². The van der Waals surface area contributed by atoms with E-state index < -0.39 is 12.0 Å². The monoisotopic (exact) mass is 383 g/mol. The number of nitrogens with one attached hydrogen (secondary N) is 2. The maximum atomic E-state index is 12.2. The van der Waals surface area contributed by atoms with Crippen molar-refractivity contribution in [3.63, 3.8) is 0 Å². The van der Waals surface area contributed by atoms with Gasteiger partial charge in [0.2, 0.25) is 5.91 Å². The highest BCUT2D eigenvalue weighted by Gasteiger charge is 2.18. The first-order chi connectivity index (χ1) is 13.6. The van der Waals surface area contributed by atoms with Gasteiger partial charge in [-0.15, -0.1) is 0 Å². The Morgan fingerprint density at radius 3 is 2.21 bits per heavy atom. The molecule has 2 aromatic rings. The average Bonchev–Trinajstić information content (AvgIpc) is 2.69. The summed E-state index contributed by atoms with van der Waals surface area (Å²) in [5.41, 5.74) is 2.51. The second kappa shape index (κ2) is 11.8. The van der Waals surface area contributed by atoms with Crippen molar-refractivity contribution in [3.05, 3.63) is 54.6 Å². The molecule has 0 bridgehead atoms. The van der Waals surface area contributed by atoms with Crippen LogP contribution in [0, 0.1) is 0 Å². The van der Waals surface area contributed by atoms with E-state index in [0.29, 0.717) is 12.2 Å². The molecule has 1 atom stereocenters. The van der Waals surface area contributed by atoms with Gasteiger partial charge in [-0.25, -0.2) is 0 Å². The van der Waals surface area contributed by atoms with Gasteiger partial charge in [0.25, 0.3) is 0 Å². The molecule has 0 aromatic heterocycles. The molecule has 2 rings (SSSR count). The first kappa shape index (κ1) is 21.4. The molecule has 1 amide bonds. The van der Waals surface area contributed by atoms with Gasteiger partial charge in [-0.3, -0.25) is 4.79 Å². The number of carbonyl (C=O) groups excluding carboxylic acids is 2. The number of carbonyl (C=O) groups is 2. The molecule has 6 nitrogen and oxygen atoms in total. The molecule has 2 aromatic carbocycles. The number of hydrogen-bond acceptors (Lipinski definition) is 4. The van der Waals surface area contributed by atoms with Gasteiger partial charge in [0.05, 0.1) is 18.9 Å². The summed E-state index contributed by atoms with van der Waals surface area (Å²) in [5.74, 6) is -1.53. The average molecular weight is 383 g/mol. The lowest BCUT2D eigenvalue weighted by Crippen LogP contribution is -2.93. The molecule has 28 heavy (non-hydrogen) atoms. The van der Waals surface area contributed by atoms with E-state index in [1.54, 1.807) is 17.4 Å². The topological polar surface area (TPSA) is 97.9 Å². The third-order valence-electron chi connectivity index (χ3n) is 4.45. The van der Waals surface area contributed by atoms with Gasteiger partial charge < -0.3 is 25.9 Å². The van der Waals surface area contributed by atoms with Crippen LogP contribution in [-0.4, -0.2) is 24.5 Å². The standard InChI is InChI=1S/C22H29N3O3/c1-2-3-4-8-15-23-20(22(27)28)16-21(26)25-19-13-11-18(12-14-19)24-17-9-6-5-7-10-17/h5-7,9-14,20,23-24H,2-4,8,15-16H2,1H3,(H,25,26)(H,27,28)/t20-/m1/s1. The first-order valence-corrected chi connectivity index (χ1v) is 9.84. The normalized spacial score (nSPS) is 11.6. The predicted octanol–water partition coefficient (Wildman–Crippen LogP) is 2.02. The van der Waals surface area contributed by atoms with E-state index in [9.17, 15) is 14.7 Å². The minimum Gasteiger partial charge on any atom is -0.544 e. The Morgan fingerprint density at radius 2 is 1.57 bits per heavy atom. The first-order valence-electron chi connectivity index (χ1n) is 9.84. The summed E-state index contributed by atoms with van der Waals surface area (Å²) in [6.45, 7) is 2.81. The summed E-state index contributed by atoms with van der Waals surface area (Å²) in [4.78, 5) is 23.5. The van der Waals surface area contributed by atoms with Crippen molar-refractivity contribution in [2.45, 2.75) is 45.1 Å². The summed E-state index contributed by atoms with van der Waals surface area (Å²) in [5, 5.41) is 19.0. The molecule has 0 heterocycles. The zero-order chi connectivity index (χ0) is 20.2. The molecule has 0 aliphatic heterocycles. The van der Waals surface area contributed by atoms with E-state index in [-0.39, 0.29) is 12.3 Å². The quantitative estimate of drug-likeness (QED) is 0.489. The third kappa shape index (κ3) is 7.80. The maximum absolute atomic E-state index is 12.2. The Bertz CT molecular complexity index is 732. The number of amides is 1. The van der Waals surface area contributed by atoms with Crippen LogP contribution in [0.2, 0.25) is 0 Å². The van der Waals surface area contributed by atoms with E-state index in [4.69, 9.17) is 0 Å². The van der Waals surface area contributed by atoms with E-state index in [1.165, 1.54) is 0 Å². The van der Waals surface area contributed by atoms with Gasteiger partial charge >= 0.3 is 0 Å². The lowest BCUT2D eigenvalue weighted by molar-refractivity contribution is -0.682. The van der Waals surface area contributed by atoms with Crippen molar-refractivity contribution in [2.24, 2.45) is 0 Å². The Hall–Kier alpha value is -2.86. The Balaban J connectivity index is 1.81. The predicted molar refractivity (Wildman–Crippen MR) is 109 cm³/mol. The van der Waals surface area contributed by atoms with Gasteiger partial charge in [-0.1, -0.05) is 38.0 Å². The van der Waals surface area contributed by atoms with Gasteiger partial charge in [0.1, 0.15) is 6.04 Å². The lowest BCUT2D eigenvalue weighted by atomic mass is 10.1. The number of rotatable bonds is 12. The fraction of sp³-hybridized carbons (Fsp3) is 0.364. The fourth-order valence-electron chi connectivity index (χ4n) is 2.89. The molecule has 150 valence electrons. The highest BCUT2D eigenvalue weighted by molar-refractivity contribution is 5.93. The number of quaternary nitrogens is 1. The Morgan fingerprint density at radius 1 is 0.929 bits per heavy atom. The van der Waals surface area contributed by atoms with E-state index in [1.807, 2.05) is 42.5 Å². The molecule has 0 radical (unpaired) electrons. The Kier molecular flexibility index (Phi) is 9.01. The molecular weight excluding hydrogens is 354 g/mol. The summed E-state index contributed by atoms with van der Waals surface area (Å²) in [7, 11) is 0. The lowest BCUT2D eigenvalue weighted by Gasteiger charge is -2.16. The molecule has 6 heteroatoms. The number of para-hydroxylation sites is 1. The number of anilines is 3. The number of benzene rings is 2. The van der Waals surface area contributed by atoms with E-state index >= 15 is 0 Å². The summed E-state index contributed by atoms with van der Waals surface area (Å²) in [6.07, 6.45) is 4.17. The molecule has 0 unspecified atom stereocenters. The van der Waals surface area contributed by atoms with Crippen LogP contribution in [-0.2, 0) is 9.59 Å². The van der Waals surface area contributed by atoms with Crippen molar-refractivity contribution < 1.29 is 20.0 Å².